The van der Waals surface area contributed by atoms with Crippen LogP contribution in [0.3, 0.4) is 0 Å². The first kappa shape index (κ1) is 10.9. The Morgan fingerprint density at radius 3 is 3.28 bits per heavy atom. The van der Waals surface area contributed by atoms with E-state index in [2.05, 4.69) is 20.8 Å². The Morgan fingerprint density at radius 2 is 2.44 bits per heavy atom. The van der Waals surface area contributed by atoms with Crippen LogP contribution in [0.1, 0.15) is 5.82 Å². The van der Waals surface area contributed by atoms with Gasteiger partial charge in [0.1, 0.15) is 6.04 Å². The molecule has 1 unspecified atom stereocenters. The van der Waals surface area contributed by atoms with Gasteiger partial charge in [0, 0.05) is 12.7 Å². The van der Waals surface area contributed by atoms with Crippen LogP contribution in [0.5, 0.6) is 0 Å². The van der Waals surface area contributed by atoms with Crippen LogP contribution in [0, 0.1) is 0 Å². The van der Waals surface area contributed by atoms with E-state index in [1.54, 1.807) is 0 Å². The molecular weight excluding hydrogens is 230 g/mol. The molecule has 1 atom stereocenters. The van der Waals surface area contributed by atoms with Crippen molar-refractivity contribution in [3.63, 3.8) is 0 Å². The molecule has 2 aromatic heterocycles. The number of pyridine rings is 1. The van der Waals surface area contributed by atoms with Gasteiger partial charge in [-0.15, -0.1) is 10.2 Å². The molecule has 1 amide bonds. The minimum atomic E-state index is -0.232. The fraction of sp³-hybridized carbons (Fsp3) is 0.250. The minimum Gasteiger partial charge on any atom is -0.347 e. The Balaban J connectivity index is 1.69. The predicted molar refractivity (Wildman–Crippen MR) is 65.8 cm³/mol. The molecule has 2 N–H and O–H groups in total. The van der Waals surface area contributed by atoms with Gasteiger partial charge in [0.25, 0.3) is 0 Å². The van der Waals surface area contributed by atoms with E-state index in [9.17, 15) is 4.79 Å². The zero-order valence-electron chi connectivity index (χ0n) is 9.71. The molecule has 0 aliphatic carbocycles. The van der Waals surface area contributed by atoms with E-state index in [1.165, 1.54) is 0 Å². The van der Waals surface area contributed by atoms with Gasteiger partial charge in [0.05, 0.1) is 6.54 Å². The number of carbonyl (C=O) groups is 1. The number of amides is 1. The smallest absolute Gasteiger partial charge is 0.241 e. The number of fused-ring (bicyclic) bond motifs is 1. The van der Waals surface area contributed by atoms with Crippen LogP contribution < -0.4 is 10.6 Å². The standard InChI is InChI=1S/C12H13N5O/c18-12(9-4-3-6-13-9)14-8-11-16-15-10-5-1-2-7-17(10)11/h1-5,7,9,13H,6,8H2,(H,14,18). The highest BCUT2D eigenvalue weighted by Gasteiger charge is 2.17. The number of hydrogen-bond acceptors (Lipinski definition) is 4. The number of rotatable bonds is 3. The van der Waals surface area contributed by atoms with Crippen molar-refractivity contribution < 1.29 is 4.79 Å². The van der Waals surface area contributed by atoms with Crippen molar-refractivity contribution in [3.05, 3.63) is 42.4 Å². The molecule has 1 aliphatic heterocycles. The monoisotopic (exact) mass is 243 g/mol. The van der Waals surface area contributed by atoms with Gasteiger partial charge >= 0.3 is 0 Å². The molecular formula is C12H13N5O. The molecule has 0 fully saturated rings. The molecule has 0 radical (unpaired) electrons. The lowest BCUT2D eigenvalue weighted by Gasteiger charge is -2.09. The summed E-state index contributed by atoms with van der Waals surface area (Å²) in [5.74, 6) is 0.678. The summed E-state index contributed by atoms with van der Waals surface area (Å²) >= 11 is 0. The van der Waals surface area contributed by atoms with Crippen molar-refractivity contribution in [2.75, 3.05) is 6.54 Å². The maximum atomic E-state index is 11.8. The van der Waals surface area contributed by atoms with E-state index in [0.29, 0.717) is 6.54 Å². The van der Waals surface area contributed by atoms with Crippen LogP contribution in [0.2, 0.25) is 0 Å². The summed E-state index contributed by atoms with van der Waals surface area (Å²) in [4.78, 5) is 11.8. The zero-order chi connectivity index (χ0) is 12.4. The summed E-state index contributed by atoms with van der Waals surface area (Å²) < 4.78 is 1.86. The maximum absolute atomic E-state index is 11.8. The molecule has 92 valence electrons. The van der Waals surface area contributed by atoms with E-state index in [0.717, 1.165) is 18.0 Å². The lowest BCUT2D eigenvalue weighted by molar-refractivity contribution is -0.122. The Morgan fingerprint density at radius 1 is 1.50 bits per heavy atom. The maximum Gasteiger partial charge on any atom is 0.241 e. The number of nitrogens with one attached hydrogen (secondary N) is 2. The van der Waals surface area contributed by atoms with Crippen LogP contribution in [0.15, 0.2) is 36.5 Å². The highest BCUT2D eigenvalue weighted by atomic mass is 16.2. The average Bonchev–Trinajstić information content (AvgIpc) is 3.06. The van der Waals surface area contributed by atoms with Gasteiger partial charge in [-0.25, -0.2) is 0 Å². The molecule has 0 bridgehead atoms. The summed E-state index contributed by atoms with van der Waals surface area (Å²) in [5, 5.41) is 14.0. The topological polar surface area (TPSA) is 71.3 Å². The van der Waals surface area contributed by atoms with Crippen LogP contribution in [0.4, 0.5) is 0 Å². The first-order valence-corrected chi connectivity index (χ1v) is 5.81. The predicted octanol–water partition coefficient (Wildman–Crippen LogP) is -0.127. The Kier molecular flexibility index (Phi) is 2.77. The molecule has 0 saturated carbocycles. The van der Waals surface area contributed by atoms with Crippen LogP contribution in [-0.2, 0) is 11.3 Å². The molecule has 3 rings (SSSR count). The van der Waals surface area contributed by atoms with E-state index in [-0.39, 0.29) is 11.9 Å². The third kappa shape index (κ3) is 1.98. The average molecular weight is 243 g/mol. The van der Waals surface area contributed by atoms with Gasteiger partial charge < -0.3 is 5.32 Å². The Bertz CT molecular complexity index is 603. The van der Waals surface area contributed by atoms with E-state index in [1.807, 2.05) is 40.9 Å². The second-order valence-electron chi connectivity index (χ2n) is 4.08. The van der Waals surface area contributed by atoms with Crippen molar-refractivity contribution in [1.29, 1.82) is 0 Å². The van der Waals surface area contributed by atoms with Gasteiger partial charge in [-0.3, -0.25) is 14.5 Å². The number of hydrogen-bond donors (Lipinski definition) is 2. The van der Waals surface area contributed by atoms with Crippen molar-refractivity contribution in [3.8, 4) is 0 Å². The number of aromatic nitrogens is 3. The summed E-state index contributed by atoms with van der Waals surface area (Å²) in [6, 6.07) is 5.45. The first-order valence-electron chi connectivity index (χ1n) is 5.81. The molecule has 0 saturated heterocycles. The van der Waals surface area contributed by atoms with Gasteiger partial charge in [-0.05, 0) is 12.1 Å². The van der Waals surface area contributed by atoms with Gasteiger partial charge in [0.15, 0.2) is 11.5 Å². The fourth-order valence-corrected chi connectivity index (χ4v) is 1.93. The quantitative estimate of drug-likeness (QED) is 0.737. The van der Waals surface area contributed by atoms with Crippen LogP contribution >= 0.6 is 0 Å². The van der Waals surface area contributed by atoms with Gasteiger partial charge in [-0.1, -0.05) is 18.2 Å². The fourth-order valence-electron chi connectivity index (χ4n) is 1.93. The molecule has 6 heteroatoms. The van der Waals surface area contributed by atoms with Crippen molar-refractivity contribution in [2.45, 2.75) is 12.6 Å². The Labute approximate surface area is 104 Å². The normalized spacial score (nSPS) is 18.3. The minimum absolute atomic E-state index is 0.0450. The molecule has 0 aromatic carbocycles. The summed E-state index contributed by atoms with van der Waals surface area (Å²) in [5.41, 5.74) is 0.778. The highest BCUT2D eigenvalue weighted by molar-refractivity contribution is 5.84. The van der Waals surface area contributed by atoms with Crippen molar-refractivity contribution in [1.82, 2.24) is 25.2 Å². The number of carbonyl (C=O) groups excluding carboxylic acids is 1. The molecule has 3 heterocycles. The van der Waals surface area contributed by atoms with Gasteiger partial charge in [-0.2, -0.15) is 0 Å². The summed E-state index contributed by atoms with van der Waals surface area (Å²) in [6.07, 6.45) is 5.68. The van der Waals surface area contributed by atoms with Crippen molar-refractivity contribution in [2.24, 2.45) is 0 Å². The lowest BCUT2D eigenvalue weighted by atomic mass is 10.3. The summed E-state index contributed by atoms with van der Waals surface area (Å²) in [6.45, 7) is 1.11. The van der Waals surface area contributed by atoms with E-state index in [4.69, 9.17) is 0 Å². The number of nitrogens with zero attached hydrogens (tertiary/aromatic N) is 3. The SMILES string of the molecule is O=C(NCc1nnc2ccccn12)C1C=CCN1. The molecule has 18 heavy (non-hydrogen) atoms. The third-order valence-corrected chi connectivity index (χ3v) is 2.87. The van der Waals surface area contributed by atoms with Crippen LogP contribution in [0.25, 0.3) is 5.65 Å². The molecule has 6 nitrogen and oxygen atoms in total. The van der Waals surface area contributed by atoms with E-state index >= 15 is 0 Å². The van der Waals surface area contributed by atoms with Crippen LogP contribution in [-0.4, -0.2) is 33.1 Å². The highest BCUT2D eigenvalue weighted by Crippen LogP contribution is 2.02. The van der Waals surface area contributed by atoms with Crippen molar-refractivity contribution >= 4 is 11.6 Å². The first-order chi connectivity index (χ1) is 8.84. The lowest BCUT2D eigenvalue weighted by Crippen LogP contribution is -2.40. The second kappa shape index (κ2) is 4.58. The molecule has 0 spiro atoms. The molecule has 1 aliphatic rings. The zero-order valence-corrected chi connectivity index (χ0v) is 9.71. The Hall–Kier alpha value is -2.21. The molecule has 2 aromatic rings. The van der Waals surface area contributed by atoms with Gasteiger partial charge in [0.2, 0.25) is 5.91 Å². The second-order valence-corrected chi connectivity index (χ2v) is 4.08. The third-order valence-electron chi connectivity index (χ3n) is 2.87. The largest absolute Gasteiger partial charge is 0.347 e. The van der Waals surface area contributed by atoms with E-state index < -0.39 is 0 Å². The summed E-state index contributed by atoms with van der Waals surface area (Å²) in [7, 11) is 0.